The lowest BCUT2D eigenvalue weighted by Crippen LogP contribution is -2.52. The third-order valence-electron chi connectivity index (χ3n) is 5.50. The van der Waals surface area contributed by atoms with E-state index in [1.54, 1.807) is 0 Å². The third kappa shape index (κ3) is 5.13. The van der Waals surface area contributed by atoms with Gasteiger partial charge in [-0.05, 0) is 63.9 Å². The van der Waals surface area contributed by atoms with Crippen LogP contribution in [0.15, 0.2) is 29.3 Å². The number of likely N-dealkylation sites (tertiary alicyclic amines) is 1. The van der Waals surface area contributed by atoms with Gasteiger partial charge in [-0.15, -0.1) is 0 Å². The number of aliphatic imine (C=N–C) groups is 1. The fourth-order valence-corrected chi connectivity index (χ4v) is 4.06. The molecule has 0 aromatic heterocycles. The fourth-order valence-electron chi connectivity index (χ4n) is 4.06. The van der Waals surface area contributed by atoms with E-state index in [4.69, 9.17) is 4.99 Å². The fraction of sp³-hybridized carbons (Fsp3) is 0.667. The number of hydrogen-bond donors (Lipinski definition) is 1. The molecule has 1 aromatic carbocycles. The number of aryl methyl sites for hydroxylation is 1. The van der Waals surface area contributed by atoms with Crippen LogP contribution in [-0.2, 0) is 0 Å². The first-order valence-corrected chi connectivity index (χ1v) is 10.2. The van der Waals surface area contributed by atoms with Crippen molar-refractivity contribution < 1.29 is 0 Å². The SMILES string of the molecule is CCNC(=NCC1CCCN(C)C1)N1CCN(c2cccc(C)c2)CC1. The molecule has 0 radical (unpaired) electrons. The average Bonchev–Trinajstić information content (AvgIpc) is 2.65. The van der Waals surface area contributed by atoms with Crippen LogP contribution >= 0.6 is 0 Å². The largest absolute Gasteiger partial charge is 0.368 e. The predicted molar refractivity (Wildman–Crippen MR) is 111 cm³/mol. The Balaban J connectivity index is 1.56. The van der Waals surface area contributed by atoms with Crippen LogP contribution in [0.1, 0.15) is 25.3 Å². The Labute approximate surface area is 159 Å². The normalized spacial score (nSPS) is 22.6. The number of anilines is 1. The summed E-state index contributed by atoms with van der Waals surface area (Å²) in [6, 6.07) is 8.83. The number of piperidine rings is 1. The third-order valence-corrected chi connectivity index (χ3v) is 5.50. The zero-order valence-electron chi connectivity index (χ0n) is 16.7. The highest BCUT2D eigenvalue weighted by molar-refractivity contribution is 5.80. The lowest BCUT2D eigenvalue weighted by Gasteiger charge is -2.38. The molecule has 5 nitrogen and oxygen atoms in total. The summed E-state index contributed by atoms with van der Waals surface area (Å²) in [5.41, 5.74) is 2.68. The van der Waals surface area contributed by atoms with Gasteiger partial charge in [0.15, 0.2) is 5.96 Å². The Hall–Kier alpha value is -1.75. The summed E-state index contributed by atoms with van der Waals surface area (Å²) in [7, 11) is 2.23. The number of piperazine rings is 1. The van der Waals surface area contributed by atoms with Crippen molar-refractivity contribution in [1.82, 2.24) is 15.1 Å². The summed E-state index contributed by atoms with van der Waals surface area (Å²) in [5.74, 6) is 1.81. The van der Waals surface area contributed by atoms with Crippen molar-refractivity contribution >= 4 is 11.6 Å². The second-order valence-electron chi connectivity index (χ2n) is 7.78. The van der Waals surface area contributed by atoms with Gasteiger partial charge in [0.2, 0.25) is 0 Å². The molecular formula is C21H35N5. The minimum atomic E-state index is 0.705. The van der Waals surface area contributed by atoms with E-state index in [0.29, 0.717) is 5.92 Å². The first kappa shape index (κ1) is 19.0. The van der Waals surface area contributed by atoms with E-state index in [0.717, 1.165) is 45.2 Å². The zero-order valence-corrected chi connectivity index (χ0v) is 16.7. The summed E-state index contributed by atoms with van der Waals surface area (Å²) in [5, 5.41) is 3.51. The summed E-state index contributed by atoms with van der Waals surface area (Å²) in [4.78, 5) is 12.4. The van der Waals surface area contributed by atoms with Crippen LogP contribution in [0.5, 0.6) is 0 Å². The minimum Gasteiger partial charge on any atom is -0.368 e. The molecule has 144 valence electrons. The molecule has 2 saturated heterocycles. The lowest BCUT2D eigenvalue weighted by molar-refractivity contribution is 0.214. The van der Waals surface area contributed by atoms with Crippen molar-refractivity contribution in [3.8, 4) is 0 Å². The molecule has 0 amide bonds. The second-order valence-corrected chi connectivity index (χ2v) is 7.78. The molecule has 0 saturated carbocycles. The van der Waals surface area contributed by atoms with E-state index in [1.807, 2.05) is 0 Å². The van der Waals surface area contributed by atoms with E-state index < -0.39 is 0 Å². The lowest BCUT2D eigenvalue weighted by atomic mass is 9.99. The standard InChI is InChI=1S/C21H35N5/c1-4-22-21(23-16-19-8-6-10-24(3)17-19)26-13-11-25(12-14-26)20-9-5-7-18(2)15-20/h5,7,9,15,19H,4,6,8,10-14,16-17H2,1-3H3,(H,22,23). The molecule has 2 fully saturated rings. The van der Waals surface area contributed by atoms with Gasteiger partial charge in [-0.3, -0.25) is 4.99 Å². The summed E-state index contributed by atoms with van der Waals surface area (Å²) < 4.78 is 0. The van der Waals surface area contributed by atoms with Gasteiger partial charge in [0.1, 0.15) is 0 Å². The van der Waals surface area contributed by atoms with Gasteiger partial charge >= 0.3 is 0 Å². The van der Waals surface area contributed by atoms with Crippen LogP contribution in [0.2, 0.25) is 0 Å². The molecule has 2 aliphatic heterocycles. The molecule has 26 heavy (non-hydrogen) atoms. The maximum Gasteiger partial charge on any atom is 0.194 e. The van der Waals surface area contributed by atoms with Crippen molar-refractivity contribution in [1.29, 1.82) is 0 Å². The van der Waals surface area contributed by atoms with Crippen molar-refractivity contribution in [2.45, 2.75) is 26.7 Å². The minimum absolute atomic E-state index is 0.705. The summed E-state index contributed by atoms with van der Waals surface area (Å²) in [6.45, 7) is 12.8. The van der Waals surface area contributed by atoms with Crippen molar-refractivity contribution in [3.63, 3.8) is 0 Å². The van der Waals surface area contributed by atoms with Gasteiger partial charge in [0.05, 0.1) is 0 Å². The highest BCUT2D eigenvalue weighted by atomic mass is 15.3. The maximum atomic E-state index is 4.99. The van der Waals surface area contributed by atoms with E-state index in [9.17, 15) is 0 Å². The Morgan fingerprint density at radius 2 is 2.00 bits per heavy atom. The summed E-state index contributed by atoms with van der Waals surface area (Å²) in [6.07, 6.45) is 2.62. The van der Waals surface area contributed by atoms with Gasteiger partial charge in [-0.25, -0.2) is 0 Å². The number of nitrogens with zero attached hydrogens (tertiary/aromatic N) is 4. The topological polar surface area (TPSA) is 34.1 Å². The number of nitrogens with one attached hydrogen (secondary N) is 1. The van der Waals surface area contributed by atoms with Crippen LogP contribution < -0.4 is 10.2 Å². The first-order chi connectivity index (χ1) is 12.7. The summed E-state index contributed by atoms with van der Waals surface area (Å²) >= 11 is 0. The molecule has 0 bridgehead atoms. The number of rotatable bonds is 4. The van der Waals surface area contributed by atoms with Crippen LogP contribution in [0.25, 0.3) is 0 Å². The second kappa shape index (κ2) is 9.26. The molecule has 0 aliphatic carbocycles. The molecule has 3 rings (SSSR count). The molecule has 1 atom stereocenters. The predicted octanol–water partition coefficient (Wildman–Crippen LogP) is 2.42. The molecule has 1 aromatic rings. The highest BCUT2D eigenvalue weighted by Gasteiger charge is 2.21. The van der Waals surface area contributed by atoms with Gasteiger partial charge < -0.3 is 20.0 Å². The van der Waals surface area contributed by atoms with Gasteiger partial charge in [-0.1, -0.05) is 12.1 Å². The molecule has 2 aliphatic rings. The highest BCUT2D eigenvalue weighted by Crippen LogP contribution is 2.18. The molecule has 5 heteroatoms. The first-order valence-electron chi connectivity index (χ1n) is 10.2. The molecule has 0 spiro atoms. The monoisotopic (exact) mass is 357 g/mol. The Bertz CT molecular complexity index is 592. The van der Waals surface area contributed by atoms with Crippen LogP contribution in [0.4, 0.5) is 5.69 Å². The Morgan fingerprint density at radius 3 is 2.69 bits per heavy atom. The number of benzene rings is 1. The Morgan fingerprint density at radius 1 is 1.19 bits per heavy atom. The van der Waals surface area contributed by atoms with E-state index in [-0.39, 0.29) is 0 Å². The molecule has 2 heterocycles. The maximum absolute atomic E-state index is 4.99. The molecule has 1 unspecified atom stereocenters. The molecular weight excluding hydrogens is 322 g/mol. The van der Waals surface area contributed by atoms with Crippen molar-refractivity contribution in [2.75, 3.05) is 64.3 Å². The average molecular weight is 358 g/mol. The van der Waals surface area contributed by atoms with E-state index in [2.05, 4.69) is 65.2 Å². The van der Waals surface area contributed by atoms with E-state index in [1.165, 1.54) is 37.2 Å². The van der Waals surface area contributed by atoms with Crippen LogP contribution in [0.3, 0.4) is 0 Å². The van der Waals surface area contributed by atoms with Gasteiger partial charge in [0, 0.05) is 51.5 Å². The molecule has 1 N–H and O–H groups in total. The number of guanidine groups is 1. The van der Waals surface area contributed by atoms with E-state index >= 15 is 0 Å². The number of hydrogen-bond acceptors (Lipinski definition) is 3. The Kier molecular flexibility index (Phi) is 6.78. The van der Waals surface area contributed by atoms with Gasteiger partial charge in [0.25, 0.3) is 0 Å². The van der Waals surface area contributed by atoms with Crippen LogP contribution in [0, 0.1) is 12.8 Å². The quantitative estimate of drug-likeness (QED) is 0.663. The van der Waals surface area contributed by atoms with Gasteiger partial charge in [-0.2, -0.15) is 0 Å². The van der Waals surface area contributed by atoms with Crippen molar-refractivity contribution in [2.24, 2.45) is 10.9 Å². The van der Waals surface area contributed by atoms with Crippen LogP contribution in [-0.4, -0.2) is 75.2 Å². The smallest absolute Gasteiger partial charge is 0.194 e. The van der Waals surface area contributed by atoms with Crippen molar-refractivity contribution in [3.05, 3.63) is 29.8 Å². The zero-order chi connectivity index (χ0) is 18.4.